The van der Waals surface area contributed by atoms with Gasteiger partial charge in [-0.25, -0.2) is 4.68 Å². The Balaban J connectivity index is 2.15. The lowest BCUT2D eigenvalue weighted by Crippen LogP contribution is -2.20. The summed E-state index contributed by atoms with van der Waals surface area (Å²) in [7, 11) is 1.91. The first-order valence-electron chi connectivity index (χ1n) is 6.19. The van der Waals surface area contributed by atoms with Crippen molar-refractivity contribution in [1.29, 1.82) is 0 Å². The van der Waals surface area contributed by atoms with Gasteiger partial charge in [-0.1, -0.05) is 19.1 Å². The van der Waals surface area contributed by atoms with Crippen molar-refractivity contribution < 1.29 is 0 Å². The quantitative estimate of drug-likeness (QED) is 0.859. The summed E-state index contributed by atoms with van der Waals surface area (Å²) in [5, 5.41) is 15.8. The van der Waals surface area contributed by atoms with Crippen LogP contribution in [0.2, 0.25) is 0 Å². The van der Waals surface area contributed by atoms with E-state index in [-0.39, 0.29) is 0 Å². The molecule has 0 amide bonds. The maximum atomic E-state index is 4.32. The molecule has 0 atom stereocenters. The molecule has 0 bridgehead atoms. The number of aromatic nitrogens is 5. The summed E-state index contributed by atoms with van der Waals surface area (Å²) < 4.78 is 3.63. The van der Waals surface area contributed by atoms with Crippen molar-refractivity contribution in [3.63, 3.8) is 0 Å². The SMILES string of the molecule is Cc1nn(C)cc1-n1nncc1CNCC(C)C. The summed E-state index contributed by atoms with van der Waals surface area (Å²) in [6, 6.07) is 0. The van der Waals surface area contributed by atoms with Gasteiger partial charge in [0.1, 0.15) is 5.69 Å². The fourth-order valence-corrected chi connectivity index (χ4v) is 1.86. The smallest absolute Gasteiger partial charge is 0.108 e. The van der Waals surface area contributed by atoms with E-state index in [1.807, 2.05) is 24.9 Å². The van der Waals surface area contributed by atoms with Crippen LogP contribution < -0.4 is 5.32 Å². The van der Waals surface area contributed by atoms with Crippen molar-refractivity contribution in [2.24, 2.45) is 13.0 Å². The molecule has 0 unspecified atom stereocenters. The predicted molar refractivity (Wildman–Crippen MR) is 69.4 cm³/mol. The number of hydrogen-bond acceptors (Lipinski definition) is 4. The second-order valence-electron chi connectivity index (χ2n) is 4.94. The minimum Gasteiger partial charge on any atom is -0.311 e. The average molecular weight is 248 g/mol. The van der Waals surface area contributed by atoms with Gasteiger partial charge < -0.3 is 5.32 Å². The first kappa shape index (κ1) is 12.8. The molecular formula is C12H20N6. The third kappa shape index (κ3) is 2.76. The first-order chi connectivity index (χ1) is 8.58. The Morgan fingerprint density at radius 1 is 1.39 bits per heavy atom. The van der Waals surface area contributed by atoms with Crippen LogP contribution in [0.4, 0.5) is 0 Å². The zero-order valence-corrected chi connectivity index (χ0v) is 11.4. The van der Waals surface area contributed by atoms with Crippen molar-refractivity contribution in [1.82, 2.24) is 30.1 Å². The molecule has 98 valence electrons. The van der Waals surface area contributed by atoms with Crippen molar-refractivity contribution in [2.75, 3.05) is 6.54 Å². The van der Waals surface area contributed by atoms with E-state index >= 15 is 0 Å². The van der Waals surface area contributed by atoms with Crippen LogP contribution in [0.25, 0.3) is 5.69 Å². The van der Waals surface area contributed by atoms with Gasteiger partial charge in [0.15, 0.2) is 0 Å². The molecule has 18 heavy (non-hydrogen) atoms. The molecule has 0 radical (unpaired) electrons. The molecule has 0 saturated carbocycles. The van der Waals surface area contributed by atoms with Gasteiger partial charge in [0.05, 0.1) is 23.8 Å². The number of rotatable bonds is 5. The number of nitrogens with one attached hydrogen (secondary N) is 1. The van der Waals surface area contributed by atoms with Gasteiger partial charge in [0.25, 0.3) is 0 Å². The zero-order valence-electron chi connectivity index (χ0n) is 11.4. The third-order valence-corrected chi connectivity index (χ3v) is 2.69. The standard InChI is InChI=1S/C12H20N6/c1-9(2)5-13-6-11-7-14-16-18(11)12-8-17(4)15-10(12)3/h7-9,13H,5-6H2,1-4H3. The Labute approximate surface area is 107 Å². The van der Waals surface area contributed by atoms with Gasteiger partial charge in [0, 0.05) is 13.6 Å². The Bertz CT molecular complexity index is 510. The van der Waals surface area contributed by atoms with E-state index in [0.29, 0.717) is 5.92 Å². The molecule has 0 aromatic carbocycles. The molecule has 2 heterocycles. The molecule has 2 rings (SSSR count). The lowest BCUT2D eigenvalue weighted by molar-refractivity contribution is 0.542. The Morgan fingerprint density at radius 2 is 2.17 bits per heavy atom. The Kier molecular flexibility index (Phi) is 3.76. The molecule has 0 aliphatic carbocycles. The first-order valence-corrected chi connectivity index (χ1v) is 6.19. The Hall–Kier alpha value is -1.69. The fraction of sp³-hybridized carbons (Fsp3) is 0.583. The third-order valence-electron chi connectivity index (χ3n) is 2.69. The van der Waals surface area contributed by atoms with Crippen LogP contribution in [0.15, 0.2) is 12.4 Å². The van der Waals surface area contributed by atoms with E-state index in [9.17, 15) is 0 Å². The van der Waals surface area contributed by atoms with Gasteiger partial charge >= 0.3 is 0 Å². The number of aryl methyl sites for hydroxylation is 2. The van der Waals surface area contributed by atoms with Crippen LogP contribution >= 0.6 is 0 Å². The van der Waals surface area contributed by atoms with Crippen LogP contribution in [0.3, 0.4) is 0 Å². The molecule has 1 N–H and O–H groups in total. The minimum absolute atomic E-state index is 0.634. The predicted octanol–water partition coefficient (Wildman–Crippen LogP) is 1.05. The highest BCUT2D eigenvalue weighted by Gasteiger charge is 2.11. The second kappa shape index (κ2) is 5.30. The van der Waals surface area contributed by atoms with Crippen LogP contribution in [-0.2, 0) is 13.6 Å². The highest BCUT2D eigenvalue weighted by molar-refractivity contribution is 5.33. The van der Waals surface area contributed by atoms with Crippen molar-refractivity contribution >= 4 is 0 Å². The van der Waals surface area contributed by atoms with Crippen LogP contribution in [-0.4, -0.2) is 31.3 Å². The van der Waals surface area contributed by atoms with Crippen molar-refractivity contribution in [3.8, 4) is 5.69 Å². The molecule has 0 fully saturated rings. The molecule has 2 aromatic heterocycles. The van der Waals surface area contributed by atoms with Crippen molar-refractivity contribution in [3.05, 3.63) is 23.8 Å². The van der Waals surface area contributed by atoms with E-state index in [4.69, 9.17) is 0 Å². The zero-order chi connectivity index (χ0) is 13.1. The van der Waals surface area contributed by atoms with Gasteiger partial charge in [-0.3, -0.25) is 4.68 Å². The minimum atomic E-state index is 0.634. The number of hydrogen-bond donors (Lipinski definition) is 1. The summed E-state index contributed by atoms with van der Waals surface area (Å²) in [5.74, 6) is 0.634. The van der Waals surface area contributed by atoms with Gasteiger partial charge in [-0.15, -0.1) is 5.10 Å². The summed E-state index contributed by atoms with van der Waals surface area (Å²) in [6.07, 6.45) is 3.75. The summed E-state index contributed by atoms with van der Waals surface area (Å²) in [4.78, 5) is 0. The molecule has 0 saturated heterocycles. The van der Waals surface area contributed by atoms with E-state index < -0.39 is 0 Å². The highest BCUT2D eigenvalue weighted by Crippen LogP contribution is 2.12. The van der Waals surface area contributed by atoms with Gasteiger partial charge in [-0.2, -0.15) is 5.10 Å². The second-order valence-corrected chi connectivity index (χ2v) is 4.94. The maximum Gasteiger partial charge on any atom is 0.108 e. The summed E-state index contributed by atoms with van der Waals surface area (Å²) in [5.41, 5.74) is 2.98. The highest BCUT2D eigenvalue weighted by atomic mass is 15.4. The molecule has 0 aliphatic rings. The van der Waals surface area contributed by atoms with Crippen molar-refractivity contribution in [2.45, 2.75) is 27.3 Å². The summed E-state index contributed by atoms with van der Waals surface area (Å²) >= 11 is 0. The topological polar surface area (TPSA) is 60.6 Å². The summed E-state index contributed by atoms with van der Waals surface area (Å²) in [6.45, 7) is 8.10. The lowest BCUT2D eigenvalue weighted by atomic mass is 10.2. The molecule has 6 nitrogen and oxygen atoms in total. The normalized spacial score (nSPS) is 11.4. The number of nitrogens with zero attached hydrogens (tertiary/aromatic N) is 5. The van der Waals surface area contributed by atoms with E-state index in [0.717, 1.165) is 30.2 Å². The fourth-order valence-electron chi connectivity index (χ4n) is 1.86. The lowest BCUT2D eigenvalue weighted by Gasteiger charge is -2.08. The molecule has 0 spiro atoms. The van der Waals surface area contributed by atoms with Crippen LogP contribution in [0, 0.1) is 12.8 Å². The van der Waals surface area contributed by atoms with Crippen LogP contribution in [0.1, 0.15) is 25.2 Å². The molecule has 2 aromatic rings. The largest absolute Gasteiger partial charge is 0.311 e. The van der Waals surface area contributed by atoms with E-state index in [1.165, 1.54) is 0 Å². The molecule has 6 heteroatoms. The van der Waals surface area contributed by atoms with E-state index in [1.54, 1.807) is 10.9 Å². The van der Waals surface area contributed by atoms with E-state index in [2.05, 4.69) is 34.6 Å². The Morgan fingerprint density at radius 3 is 2.78 bits per heavy atom. The van der Waals surface area contributed by atoms with Gasteiger partial charge in [-0.05, 0) is 19.4 Å². The average Bonchev–Trinajstić information content (AvgIpc) is 2.84. The maximum absolute atomic E-state index is 4.32. The van der Waals surface area contributed by atoms with Gasteiger partial charge in [0.2, 0.25) is 0 Å². The van der Waals surface area contributed by atoms with Crippen LogP contribution in [0.5, 0.6) is 0 Å². The molecular weight excluding hydrogens is 228 g/mol. The molecule has 0 aliphatic heterocycles. The monoisotopic (exact) mass is 248 g/mol.